The van der Waals surface area contributed by atoms with E-state index < -0.39 is 21.1 Å². The van der Waals surface area contributed by atoms with Gasteiger partial charge in [-0.05, 0) is 19.4 Å². The highest BCUT2D eigenvalue weighted by atomic mass is 32.2. The molecule has 0 aromatic heterocycles. The molecule has 0 heterocycles. The SMILES string of the molecule is CC(C)S(=O)(=O)CCC(=O)OCc1ccccc1. The number of sulfone groups is 1. The highest BCUT2D eigenvalue weighted by molar-refractivity contribution is 7.91. The molecule has 0 atom stereocenters. The van der Waals surface area contributed by atoms with Gasteiger partial charge in [0.25, 0.3) is 0 Å². The summed E-state index contributed by atoms with van der Waals surface area (Å²) in [5, 5.41) is -0.459. The summed E-state index contributed by atoms with van der Waals surface area (Å²) in [6.45, 7) is 3.39. The van der Waals surface area contributed by atoms with Crippen molar-refractivity contribution in [3.8, 4) is 0 Å². The minimum atomic E-state index is -3.18. The van der Waals surface area contributed by atoms with Gasteiger partial charge in [0.1, 0.15) is 6.61 Å². The van der Waals surface area contributed by atoms with E-state index in [1.165, 1.54) is 0 Å². The van der Waals surface area contributed by atoms with E-state index in [1.54, 1.807) is 13.8 Å². The van der Waals surface area contributed by atoms with Gasteiger partial charge in [-0.15, -0.1) is 0 Å². The van der Waals surface area contributed by atoms with Crippen LogP contribution in [0.1, 0.15) is 25.8 Å². The Morgan fingerprint density at radius 1 is 1.22 bits per heavy atom. The third-order valence-electron chi connectivity index (χ3n) is 2.55. The molecule has 1 aromatic carbocycles. The van der Waals surface area contributed by atoms with Crippen LogP contribution < -0.4 is 0 Å². The van der Waals surface area contributed by atoms with Crippen LogP contribution in [0.25, 0.3) is 0 Å². The molecule has 0 radical (unpaired) electrons. The number of benzene rings is 1. The van der Waals surface area contributed by atoms with Crippen LogP contribution in [0.4, 0.5) is 0 Å². The monoisotopic (exact) mass is 270 g/mol. The van der Waals surface area contributed by atoms with Gasteiger partial charge in [-0.2, -0.15) is 0 Å². The molecule has 5 heteroatoms. The predicted octanol–water partition coefficient (Wildman–Crippen LogP) is 1.94. The van der Waals surface area contributed by atoms with E-state index in [1.807, 2.05) is 30.3 Å². The lowest BCUT2D eigenvalue weighted by Crippen LogP contribution is -2.20. The fourth-order valence-corrected chi connectivity index (χ4v) is 2.19. The first-order chi connectivity index (χ1) is 8.42. The Kier molecular flexibility index (Phi) is 5.34. The number of carbonyl (C=O) groups is 1. The van der Waals surface area contributed by atoms with E-state index >= 15 is 0 Å². The molecule has 1 aromatic rings. The molecule has 0 saturated carbocycles. The molecular formula is C13H18O4S. The highest BCUT2D eigenvalue weighted by Gasteiger charge is 2.18. The van der Waals surface area contributed by atoms with Crippen molar-refractivity contribution in [1.29, 1.82) is 0 Å². The molecule has 18 heavy (non-hydrogen) atoms. The maximum absolute atomic E-state index is 11.5. The zero-order valence-corrected chi connectivity index (χ0v) is 11.4. The minimum Gasteiger partial charge on any atom is -0.461 e. The standard InChI is InChI=1S/C13H18O4S/c1-11(2)18(15,16)9-8-13(14)17-10-12-6-4-3-5-7-12/h3-7,11H,8-10H2,1-2H3. The van der Waals surface area contributed by atoms with E-state index in [0.29, 0.717) is 0 Å². The van der Waals surface area contributed by atoms with Gasteiger partial charge in [0.15, 0.2) is 9.84 Å². The van der Waals surface area contributed by atoms with Crippen LogP contribution in [0.15, 0.2) is 30.3 Å². The molecule has 0 saturated heterocycles. The third kappa shape index (κ3) is 4.87. The van der Waals surface area contributed by atoms with Crippen LogP contribution in [0, 0.1) is 0 Å². The molecule has 0 amide bonds. The summed E-state index contributed by atoms with van der Waals surface area (Å²) < 4.78 is 28.0. The van der Waals surface area contributed by atoms with Crippen molar-refractivity contribution in [2.45, 2.75) is 32.1 Å². The van der Waals surface area contributed by atoms with Gasteiger partial charge in [-0.1, -0.05) is 30.3 Å². The summed E-state index contributed by atoms with van der Waals surface area (Å²) >= 11 is 0. The van der Waals surface area contributed by atoms with Gasteiger partial charge in [-0.3, -0.25) is 4.79 Å². The number of rotatable bonds is 6. The normalized spacial score (nSPS) is 11.5. The lowest BCUT2D eigenvalue weighted by Gasteiger charge is -2.07. The quantitative estimate of drug-likeness (QED) is 0.741. The van der Waals surface area contributed by atoms with Crippen LogP contribution >= 0.6 is 0 Å². The summed E-state index contributed by atoms with van der Waals surface area (Å²) in [7, 11) is -3.18. The van der Waals surface area contributed by atoms with Crippen molar-refractivity contribution in [3.63, 3.8) is 0 Å². The third-order valence-corrected chi connectivity index (χ3v) is 4.76. The lowest BCUT2D eigenvalue weighted by atomic mass is 10.2. The van der Waals surface area contributed by atoms with Gasteiger partial charge in [-0.25, -0.2) is 8.42 Å². The lowest BCUT2D eigenvalue weighted by molar-refractivity contribution is -0.144. The van der Waals surface area contributed by atoms with Crippen LogP contribution in [-0.4, -0.2) is 25.4 Å². The van der Waals surface area contributed by atoms with Crippen LogP contribution in [0.5, 0.6) is 0 Å². The van der Waals surface area contributed by atoms with Crippen LogP contribution in [-0.2, 0) is 26.0 Å². The van der Waals surface area contributed by atoms with E-state index in [0.717, 1.165) is 5.56 Å². The van der Waals surface area contributed by atoms with Crippen LogP contribution in [0.2, 0.25) is 0 Å². The zero-order chi connectivity index (χ0) is 13.6. The molecular weight excluding hydrogens is 252 g/mol. The molecule has 0 aliphatic rings. The molecule has 0 unspecified atom stereocenters. The second kappa shape index (κ2) is 6.54. The number of hydrogen-bond donors (Lipinski definition) is 0. The van der Waals surface area contributed by atoms with Crippen molar-refractivity contribution in [2.75, 3.05) is 5.75 Å². The smallest absolute Gasteiger partial charge is 0.307 e. The number of hydrogen-bond acceptors (Lipinski definition) is 4. The molecule has 1 rings (SSSR count). The average molecular weight is 270 g/mol. The number of carbonyl (C=O) groups excluding carboxylic acids is 1. The molecule has 0 aliphatic heterocycles. The maximum atomic E-state index is 11.5. The molecule has 0 bridgehead atoms. The second-order valence-corrected chi connectivity index (χ2v) is 6.99. The van der Waals surface area contributed by atoms with E-state index in [9.17, 15) is 13.2 Å². The van der Waals surface area contributed by atoms with E-state index in [4.69, 9.17) is 4.74 Å². The van der Waals surface area contributed by atoms with Crippen molar-refractivity contribution in [3.05, 3.63) is 35.9 Å². The van der Waals surface area contributed by atoms with Gasteiger partial charge in [0, 0.05) is 0 Å². The van der Waals surface area contributed by atoms with Crippen molar-refractivity contribution in [1.82, 2.24) is 0 Å². The van der Waals surface area contributed by atoms with Gasteiger partial charge >= 0.3 is 5.97 Å². The van der Waals surface area contributed by atoms with Gasteiger partial charge < -0.3 is 4.74 Å². The molecule has 0 spiro atoms. The molecule has 0 fully saturated rings. The van der Waals surface area contributed by atoms with Crippen molar-refractivity contribution >= 4 is 15.8 Å². The maximum Gasteiger partial charge on any atom is 0.307 e. The first kappa shape index (κ1) is 14.7. The highest BCUT2D eigenvalue weighted by Crippen LogP contribution is 2.05. The van der Waals surface area contributed by atoms with Gasteiger partial charge in [0.05, 0.1) is 17.4 Å². The molecule has 0 N–H and O–H groups in total. The average Bonchev–Trinajstić information content (AvgIpc) is 2.35. The van der Waals surface area contributed by atoms with Crippen molar-refractivity contribution < 1.29 is 17.9 Å². The first-order valence-electron chi connectivity index (χ1n) is 5.83. The Morgan fingerprint density at radius 3 is 2.39 bits per heavy atom. The summed E-state index contributed by atoms with van der Waals surface area (Å²) in [6.07, 6.45) is -0.0899. The minimum absolute atomic E-state index is 0.0899. The summed E-state index contributed by atoms with van der Waals surface area (Å²) in [5.74, 6) is -0.638. The fourth-order valence-electron chi connectivity index (χ4n) is 1.27. The van der Waals surface area contributed by atoms with Gasteiger partial charge in [0.2, 0.25) is 0 Å². The summed E-state index contributed by atoms with van der Waals surface area (Å²) in [6, 6.07) is 9.27. The summed E-state index contributed by atoms with van der Waals surface area (Å²) in [5.41, 5.74) is 0.887. The van der Waals surface area contributed by atoms with Crippen molar-refractivity contribution in [2.24, 2.45) is 0 Å². The summed E-state index contributed by atoms with van der Waals surface area (Å²) in [4.78, 5) is 11.4. The Balaban J connectivity index is 2.35. The largest absolute Gasteiger partial charge is 0.461 e. The predicted molar refractivity (Wildman–Crippen MR) is 69.8 cm³/mol. The Labute approximate surface area is 108 Å². The Bertz CT molecular complexity index is 477. The number of ether oxygens (including phenoxy) is 1. The first-order valence-corrected chi connectivity index (χ1v) is 7.54. The van der Waals surface area contributed by atoms with E-state index in [2.05, 4.69) is 0 Å². The Morgan fingerprint density at radius 2 is 1.83 bits per heavy atom. The number of esters is 1. The Hall–Kier alpha value is -1.36. The fraction of sp³-hybridized carbons (Fsp3) is 0.462. The molecule has 0 aliphatic carbocycles. The zero-order valence-electron chi connectivity index (χ0n) is 10.6. The topological polar surface area (TPSA) is 60.4 Å². The molecule has 4 nitrogen and oxygen atoms in total. The van der Waals surface area contributed by atoms with E-state index in [-0.39, 0.29) is 18.8 Å². The second-order valence-electron chi connectivity index (χ2n) is 4.31. The van der Waals surface area contributed by atoms with Crippen LogP contribution in [0.3, 0.4) is 0 Å². The molecule has 100 valence electrons.